The van der Waals surface area contributed by atoms with E-state index in [-0.39, 0.29) is 18.9 Å². The van der Waals surface area contributed by atoms with Crippen molar-refractivity contribution in [2.24, 2.45) is 0 Å². The van der Waals surface area contributed by atoms with Gasteiger partial charge in [-0.15, -0.1) is 0 Å². The molecule has 0 bridgehead atoms. The molecule has 0 aromatic carbocycles. The first-order valence-electron chi connectivity index (χ1n) is 23.5. The zero-order valence-corrected chi connectivity index (χ0v) is 40.7. The van der Waals surface area contributed by atoms with Crippen LogP contribution in [0.2, 0.25) is 0 Å². The Labute approximate surface area is 392 Å². The van der Waals surface area contributed by atoms with Crippen molar-refractivity contribution >= 4 is 27.6 Å². The molecule has 66 heavy (non-hydrogen) atoms. The molecule has 0 aromatic heterocycles. The molecule has 0 radical (unpaired) electrons. The van der Waals surface area contributed by atoms with E-state index in [4.69, 9.17) is 28.3 Å². The van der Waals surface area contributed by atoms with Gasteiger partial charge >= 0.3 is 27.6 Å². The van der Waals surface area contributed by atoms with Gasteiger partial charge in [-0.1, -0.05) is 112 Å². The zero-order valence-electron chi connectivity index (χ0n) is 39.0. The SMILES string of the molecule is CCCCC/C=C\C/C=C\CCCCCCCC(=O)OC[C@H](COP(=O)(O)O[C@H]1C(O)C(O)C(O)[C@@H](OP(=O)(O)O)C1O)OC(=O)CCC/C=C\C/C=C\C/C=C\C/C=C\CCC[C@H](C)O. The molecule has 0 saturated heterocycles. The number of phosphoric ester groups is 2. The minimum atomic E-state index is -5.38. The molecule has 0 heterocycles. The van der Waals surface area contributed by atoms with E-state index in [0.717, 1.165) is 77.0 Å². The first-order valence-corrected chi connectivity index (χ1v) is 26.5. The molecule has 19 heteroatoms. The Morgan fingerprint density at radius 2 is 1.00 bits per heavy atom. The van der Waals surface area contributed by atoms with Crippen molar-refractivity contribution in [1.82, 2.24) is 0 Å². The van der Waals surface area contributed by atoms with Gasteiger partial charge < -0.3 is 49.7 Å². The standard InChI is InChI=1S/C47H80O17P2/c1-3-4-5-6-7-8-9-10-12-16-19-22-25-28-31-34-40(49)60-36-39(37-61-66(58,59)64-47-44(53)42(51)43(52)46(45(47)54)63-65(55,56)57)62-41(50)35-32-29-26-23-20-17-14-11-13-15-18-21-24-27-30-33-38(2)48/h7-8,10,12-15,17,21,23-24,26,38-39,42-48,51-54H,3-6,9,11,16,18-20,22,25,27-37H2,1-2H3,(H,58,59)(H2,55,56,57)/b8-7-,12-10-,15-13-,17-14-,24-21-,26-23-/t38-,39+,42?,43?,44?,45?,46+,47-/m0/s1. The van der Waals surface area contributed by atoms with E-state index in [1.807, 2.05) is 18.2 Å². The fraction of sp³-hybridized carbons (Fsp3) is 0.702. The van der Waals surface area contributed by atoms with Crippen molar-refractivity contribution in [3.8, 4) is 0 Å². The third-order valence-corrected chi connectivity index (χ3v) is 11.8. The van der Waals surface area contributed by atoms with Gasteiger partial charge in [0, 0.05) is 12.8 Å². The number of aliphatic hydroxyl groups excluding tert-OH is 5. The van der Waals surface area contributed by atoms with Crippen molar-refractivity contribution < 1.29 is 82.0 Å². The lowest BCUT2D eigenvalue weighted by atomic mass is 9.85. The largest absolute Gasteiger partial charge is 0.472 e. The summed E-state index contributed by atoms with van der Waals surface area (Å²) in [5.74, 6) is -1.31. The van der Waals surface area contributed by atoms with Crippen molar-refractivity contribution in [3.63, 3.8) is 0 Å². The lowest BCUT2D eigenvalue weighted by molar-refractivity contribution is -0.216. The Morgan fingerprint density at radius 3 is 1.53 bits per heavy atom. The molecule has 1 aliphatic rings. The molecule has 8 N–H and O–H groups in total. The molecule has 1 fully saturated rings. The normalized spacial score (nSPS) is 22.6. The molecule has 380 valence electrons. The molecule has 0 amide bonds. The van der Waals surface area contributed by atoms with Crippen LogP contribution in [0.3, 0.4) is 0 Å². The molecular weight excluding hydrogens is 898 g/mol. The van der Waals surface area contributed by atoms with Gasteiger partial charge in [-0.05, 0) is 96.8 Å². The first-order chi connectivity index (χ1) is 31.5. The Hall–Kier alpha value is -2.60. The first kappa shape index (κ1) is 61.4. The van der Waals surface area contributed by atoms with Gasteiger partial charge in [0.25, 0.3) is 0 Å². The van der Waals surface area contributed by atoms with Crippen molar-refractivity contribution in [1.29, 1.82) is 0 Å². The summed E-state index contributed by atoms with van der Waals surface area (Å²) in [5.41, 5.74) is 0. The minimum Gasteiger partial charge on any atom is -0.462 e. The lowest BCUT2D eigenvalue weighted by Crippen LogP contribution is -2.64. The third kappa shape index (κ3) is 32.2. The number of phosphoric acid groups is 2. The van der Waals surface area contributed by atoms with Crippen LogP contribution in [0.15, 0.2) is 72.9 Å². The third-order valence-electron chi connectivity index (χ3n) is 10.3. The number of ether oxygens (including phenoxy) is 2. The van der Waals surface area contributed by atoms with Crippen LogP contribution in [-0.2, 0) is 41.8 Å². The van der Waals surface area contributed by atoms with Gasteiger partial charge in [0.15, 0.2) is 6.10 Å². The van der Waals surface area contributed by atoms with Crippen LogP contribution >= 0.6 is 15.6 Å². The Morgan fingerprint density at radius 1 is 0.545 bits per heavy atom. The summed E-state index contributed by atoms with van der Waals surface area (Å²) in [6, 6.07) is 0. The second-order valence-electron chi connectivity index (χ2n) is 16.4. The van der Waals surface area contributed by atoms with E-state index in [1.54, 1.807) is 6.92 Å². The van der Waals surface area contributed by atoms with Crippen molar-refractivity contribution in [2.75, 3.05) is 13.2 Å². The van der Waals surface area contributed by atoms with E-state index in [2.05, 4.69) is 66.1 Å². The predicted octanol–water partition coefficient (Wildman–Crippen LogP) is 7.81. The summed E-state index contributed by atoms with van der Waals surface area (Å²) in [7, 11) is -10.7. The summed E-state index contributed by atoms with van der Waals surface area (Å²) in [4.78, 5) is 54.2. The number of allylic oxidation sites excluding steroid dienone is 12. The van der Waals surface area contributed by atoms with E-state index in [9.17, 15) is 49.1 Å². The van der Waals surface area contributed by atoms with Crippen molar-refractivity contribution in [2.45, 2.75) is 198 Å². The molecule has 0 aliphatic heterocycles. The van der Waals surface area contributed by atoms with Crippen LogP contribution in [0.25, 0.3) is 0 Å². The highest BCUT2D eigenvalue weighted by molar-refractivity contribution is 7.47. The Balaban J connectivity index is 2.65. The number of carbonyl (C=O) groups excluding carboxylic acids is 2. The van der Waals surface area contributed by atoms with Gasteiger partial charge in [0.2, 0.25) is 0 Å². The van der Waals surface area contributed by atoms with Gasteiger partial charge in [0.1, 0.15) is 43.2 Å². The number of hydrogen-bond donors (Lipinski definition) is 8. The maximum absolute atomic E-state index is 13.0. The number of hydrogen-bond acceptors (Lipinski definition) is 14. The fourth-order valence-electron chi connectivity index (χ4n) is 6.60. The predicted molar refractivity (Wildman–Crippen MR) is 252 cm³/mol. The number of rotatable bonds is 38. The second-order valence-corrected chi connectivity index (χ2v) is 19.0. The smallest absolute Gasteiger partial charge is 0.462 e. The monoisotopic (exact) mass is 978 g/mol. The number of esters is 2. The summed E-state index contributed by atoms with van der Waals surface area (Å²) in [6.07, 6.45) is 27.1. The highest BCUT2D eigenvalue weighted by atomic mass is 31.2. The average Bonchev–Trinajstić information content (AvgIpc) is 3.26. The van der Waals surface area contributed by atoms with Gasteiger partial charge in [-0.3, -0.25) is 23.2 Å². The van der Waals surface area contributed by atoms with E-state index in [1.165, 1.54) is 19.3 Å². The van der Waals surface area contributed by atoms with E-state index >= 15 is 0 Å². The Kier molecular flexibility index (Phi) is 34.7. The number of unbranched alkanes of at least 4 members (excludes halogenated alkanes) is 10. The van der Waals surface area contributed by atoms with E-state index in [0.29, 0.717) is 25.7 Å². The average molecular weight is 979 g/mol. The summed E-state index contributed by atoms with van der Waals surface area (Å²) >= 11 is 0. The molecule has 9 atom stereocenters. The van der Waals surface area contributed by atoms with Crippen LogP contribution in [0.4, 0.5) is 0 Å². The number of aliphatic hydroxyl groups is 5. The maximum Gasteiger partial charge on any atom is 0.472 e. The van der Waals surface area contributed by atoms with Gasteiger partial charge in [-0.2, -0.15) is 0 Å². The molecule has 5 unspecified atom stereocenters. The van der Waals surface area contributed by atoms with Crippen LogP contribution < -0.4 is 0 Å². The molecule has 1 rings (SSSR count). The molecule has 17 nitrogen and oxygen atoms in total. The highest BCUT2D eigenvalue weighted by Gasteiger charge is 2.54. The topological polar surface area (TPSA) is 276 Å². The van der Waals surface area contributed by atoms with Gasteiger partial charge in [-0.25, -0.2) is 9.13 Å². The van der Waals surface area contributed by atoms with E-state index < -0.39 is 83.5 Å². The van der Waals surface area contributed by atoms with Gasteiger partial charge in [0.05, 0.1) is 12.7 Å². The number of carbonyl (C=O) groups is 2. The summed E-state index contributed by atoms with van der Waals surface area (Å²) in [5, 5.41) is 50.5. The quantitative estimate of drug-likeness (QED) is 0.0127. The molecular formula is C47H80O17P2. The van der Waals surface area contributed by atoms with Crippen LogP contribution in [0, 0.1) is 0 Å². The lowest BCUT2D eigenvalue weighted by Gasteiger charge is -2.43. The molecule has 0 spiro atoms. The fourth-order valence-corrected chi connectivity index (χ4v) is 8.13. The summed E-state index contributed by atoms with van der Waals surface area (Å²) < 4.78 is 49.3. The molecule has 1 saturated carbocycles. The zero-order chi connectivity index (χ0) is 49.1. The van der Waals surface area contributed by atoms with Crippen LogP contribution in [0.1, 0.15) is 149 Å². The second kappa shape index (κ2) is 37.3. The van der Waals surface area contributed by atoms with Crippen LogP contribution in [-0.4, -0.2) is 114 Å². The van der Waals surface area contributed by atoms with Crippen molar-refractivity contribution in [3.05, 3.63) is 72.9 Å². The Bertz CT molecular complexity index is 1570. The highest BCUT2D eigenvalue weighted by Crippen LogP contribution is 2.49. The van der Waals surface area contributed by atoms with Crippen LogP contribution in [0.5, 0.6) is 0 Å². The summed E-state index contributed by atoms with van der Waals surface area (Å²) in [6.45, 7) is 2.56. The molecule has 0 aromatic rings. The maximum atomic E-state index is 13.0. The minimum absolute atomic E-state index is 0.0503. The molecule has 1 aliphatic carbocycles.